The highest BCUT2D eigenvalue weighted by Crippen LogP contribution is 2.42. The van der Waals surface area contributed by atoms with Gasteiger partial charge in [-0.15, -0.1) is 23.2 Å². The first-order chi connectivity index (χ1) is 30.6. The molecule has 0 aromatic heterocycles. The summed E-state index contributed by atoms with van der Waals surface area (Å²) in [5, 5.41) is 26.9. The van der Waals surface area contributed by atoms with Gasteiger partial charge in [-0.1, -0.05) is 47.5 Å². The third kappa shape index (κ3) is 12.5. The third-order valence-corrected chi connectivity index (χ3v) is 10.2. The SMILES string of the molecule is COc1c(NC(=O)C(N=Nc2ccc(Cl)c(C(=O)Nc3cccc(CCl)c3)c2)C(C)=O)ccc(NC(=O)C(N=Nc2ccc(Cl)c(C(=O)Nc3cccc(CCl)c3)c2)C(C)=O)c1OC. The number of hydrogen-bond acceptors (Lipinski definition) is 12. The van der Waals surface area contributed by atoms with E-state index in [4.69, 9.17) is 55.9 Å². The van der Waals surface area contributed by atoms with Crippen LogP contribution in [0.5, 0.6) is 11.5 Å². The number of anilines is 4. The molecule has 330 valence electrons. The molecule has 0 aliphatic heterocycles. The summed E-state index contributed by atoms with van der Waals surface area (Å²) in [5.74, 6) is -3.87. The average molecular weight is 949 g/mol. The van der Waals surface area contributed by atoms with E-state index in [-0.39, 0.29) is 67.2 Å². The monoisotopic (exact) mass is 946 g/mol. The van der Waals surface area contributed by atoms with Crippen molar-refractivity contribution in [1.82, 2.24) is 0 Å². The van der Waals surface area contributed by atoms with Crippen molar-refractivity contribution in [2.24, 2.45) is 20.5 Å². The van der Waals surface area contributed by atoms with Crippen LogP contribution in [0.2, 0.25) is 10.0 Å². The summed E-state index contributed by atoms with van der Waals surface area (Å²) in [7, 11) is 2.54. The Bertz CT molecular complexity index is 2500. The minimum atomic E-state index is -1.65. The minimum Gasteiger partial charge on any atom is -0.491 e. The number of methoxy groups -OCH3 is 2. The van der Waals surface area contributed by atoms with Gasteiger partial charge in [0, 0.05) is 23.1 Å². The van der Waals surface area contributed by atoms with Crippen LogP contribution in [0.25, 0.3) is 0 Å². The van der Waals surface area contributed by atoms with Gasteiger partial charge in [-0.05, 0) is 97.8 Å². The fourth-order valence-corrected chi connectivity index (χ4v) is 6.55. The Labute approximate surface area is 386 Å². The Morgan fingerprint density at radius 3 is 1.28 bits per heavy atom. The lowest BCUT2D eigenvalue weighted by Crippen LogP contribution is -2.32. The zero-order valence-electron chi connectivity index (χ0n) is 34.4. The van der Waals surface area contributed by atoms with Crippen LogP contribution in [0.4, 0.5) is 34.1 Å². The molecule has 64 heavy (non-hydrogen) atoms. The number of amides is 4. The maximum atomic E-state index is 13.5. The van der Waals surface area contributed by atoms with Crippen molar-refractivity contribution in [3.05, 3.63) is 129 Å². The molecule has 5 aromatic rings. The molecule has 0 saturated carbocycles. The highest BCUT2D eigenvalue weighted by atomic mass is 35.5. The fourth-order valence-electron chi connectivity index (χ4n) is 5.81. The Hall–Kier alpha value is -6.72. The van der Waals surface area contributed by atoms with E-state index in [0.717, 1.165) is 25.0 Å². The average Bonchev–Trinajstić information content (AvgIpc) is 3.27. The summed E-state index contributed by atoms with van der Waals surface area (Å²) in [5.41, 5.74) is 2.96. The maximum absolute atomic E-state index is 13.5. The molecule has 5 aromatic carbocycles. The van der Waals surface area contributed by atoms with E-state index in [2.05, 4.69) is 41.7 Å². The number of hydrogen-bond donors (Lipinski definition) is 4. The lowest BCUT2D eigenvalue weighted by Gasteiger charge is -2.19. The van der Waals surface area contributed by atoms with Crippen molar-refractivity contribution in [2.45, 2.75) is 37.7 Å². The van der Waals surface area contributed by atoms with Gasteiger partial charge in [-0.3, -0.25) is 28.8 Å². The Morgan fingerprint density at radius 2 is 0.938 bits per heavy atom. The van der Waals surface area contributed by atoms with E-state index in [1.807, 2.05) is 0 Å². The van der Waals surface area contributed by atoms with Crippen LogP contribution in [-0.4, -0.2) is 61.5 Å². The number of rotatable bonds is 18. The van der Waals surface area contributed by atoms with Crippen LogP contribution in [0.15, 0.2) is 118 Å². The number of ether oxygens (including phenoxy) is 2. The molecule has 2 atom stereocenters. The third-order valence-electron chi connectivity index (χ3n) is 8.95. The predicted octanol–water partition coefficient (Wildman–Crippen LogP) is 10.4. The van der Waals surface area contributed by atoms with E-state index in [1.165, 1.54) is 62.8 Å². The van der Waals surface area contributed by atoms with Gasteiger partial charge in [-0.25, -0.2) is 0 Å². The number of alkyl halides is 2. The Morgan fingerprint density at radius 1 is 0.547 bits per heavy atom. The van der Waals surface area contributed by atoms with Crippen LogP contribution in [-0.2, 0) is 30.9 Å². The molecule has 4 N–H and O–H groups in total. The lowest BCUT2D eigenvalue weighted by atomic mass is 10.1. The molecule has 0 aliphatic rings. The van der Waals surface area contributed by atoms with Crippen molar-refractivity contribution in [3.8, 4) is 11.5 Å². The van der Waals surface area contributed by atoms with Crippen LogP contribution >= 0.6 is 46.4 Å². The maximum Gasteiger partial charge on any atom is 0.258 e. The second kappa shape index (κ2) is 22.6. The van der Waals surface area contributed by atoms with Crippen LogP contribution in [0, 0.1) is 0 Å². The van der Waals surface area contributed by atoms with E-state index in [9.17, 15) is 28.8 Å². The molecule has 16 nitrogen and oxygen atoms in total. The normalized spacial score (nSPS) is 12.0. The Kier molecular flexibility index (Phi) is 17.0. The van der Waals surface area contributed by atoms with Gasteiger partial charge in [0.15, 0.2) is 23.1 Å². The minimum absolute atomic E-state index is 0.0182. The van der Waals surface area contributed by atoms with Crippen molar-refractivity contribution in [2.75, 3.05) is 35.5 Å². The molecule has 0 radical (unpaired) electrons. The summed E-state index contributed by atoms with van der Waals surface area (Å²) in [6, 6.07) is 21.7. The summed E-state index contributed by atoms with van der Waals surface area (Å²) in [6.45, 7) is 2.29. The Balaban J connectivity index is 1.30. The molecule has 0 fully saturated rings. The van der Waals surface area contributed by atoms with Gasteiger partial charge in [0.25, 0.3) is 23.6 Å². The number of nitrogens with one attached hydrogen (secondary N) is 4. The number of Topliss-reactive ketones (excluding diaryl/α,β-unsaturated/α-hetero) is 2. The van der Waals surface area contributed by atoms with Crippen molar-refractivity contribution in [3.63, 3.8) is 0 Å². The van der Waals surface area contributed by atoms with Gasteiger partial charge in [-0.2, -0.15) is 20.5 Å². The molecular formula is C44H38Cl4N8O8. The fraction of sp³-hybridized carbons (Fsp3) is 0.182. The van der Waals surface area contributed by atoms with Gasteiger partial charge in [0.05, 0.1) is 58.1 Å². The van der Waals surface area contributed by atoms with Gasteiger partial charge < -0.3 is 30.7 Å². The van der Waals surface area contributed by atoms with E-state index in [0.29, 0.717) is 11.4 Å². The van der Waals surface area contributed by atoms with Gasteiger partial charge in [0.1, 0.15) is 0 Å². The molecule has 0 spiro atoms. The number of nitrogens with zero attached hydrogens (tertiary/aromatic N) is 4. The largest absolute Gasteiger partial charge is 0.491 e. The van der Waals surface area contributed by atoms with Crippen LogP contribution in [0.3, 0.4) is 0 Å². The molecule has 0 bridgehead atoms. The standard InChI is InChI=1S/C44H38Cl4N8O8/c1-23(57)37(55-53-29-11-13-33(47)31(19-29)41(59)49-27-9-5-7-25(17-27)21-45)43(61)51-35-15-16-36(40(64-4)39(35)63-3)52-44(62)38(24(2)58)56-54-30-12-14-34(48)32(20-30)42(60)50-28-10-6-8-26(18-28)22-46/h5-20,37-38H,21-22H2,1-4H3,(H,49,59)(H,50,60)(H,51,61)(H,52,62). The molecule has 2 unspecified atom stereocenters. The highest BCUT2D eigenvalue weighted by molar-refractivity contribution is 6.35. The highest BCUT2D eigenvalue weighted by Gasteiger charge is 2.28. The zero-order valence-corrected chi connectivity index (χ0v) is 37.4. The number of azo groups is 2. The topological polar surface area (TPSA) is 218 Å². The first-order valence-electron chi connectivity index (χ1n) is 18.9. The van der Waals surface area contributed by atoms with Crippen LogP contribution in [0.1, 0.15) is 45.7 Å². The van der Waals surface area contributed by atoms with E-state index in [1.54, 1.807) is 48.5 Å². The molecule has 5 rings (SSSR count). The summed E-state index contributed by atoms with van der Waals surface area (Å²) in [4.78, 5) is 78.4. The van der Waals surface area contributed by atoms with E-state index >= 15 is 0 Å². The quantitative estimate of drug-likeness (QED) is 0.0375. The summed E-state index contributed by atoms with van der Waals surface area (Å²) >= 11 is 24.4. The first-order valence-corrected chi connectivity index (χ1v) is 20.7. The molecule has 0 aliphatic carbocycles. The van der Waals surface area contributed by atoms with Gasteiger partial charge in [0.2, 0.25) is 12.1 Å². The van der Waals surface area contributed by atoms with Crippen LogP contribution < -0.4 is 30.7 Å². The summed E-state index contributed by atoms with van der Waals surface area (Å²) < 4.78 is 11.0. The smallest absolute Gasteiger partial charge is 0.258 e. The molecule has 20 heteroatoms. The lowest BCUT2D eigenvalue weighted by molar-refractivity contribution is -0.127. The molecular weight excluding hydrogens is 910 g/mol. The number of benzene rings is 5. The first kappa shape index (κ1) is 48.3. The number of carbonyl (C=O) groups excluding carboxylic acids is 6. The number of halogens is 4. The second-order valence-corrected chi connectivity index (χ2v) is 14.9. The predicted molar refractivity (Wildman–Crippen MR) is 246 cm³/mol. The molecule has 0 saturated heterocycles. The number of ketones is 2. The summed E-state index contributed by atoms with van der Waals surface area (Å²) in [6.07, 6.45) is 0. The van der Waals surface area contributed by atoms with Crippen molar-refractivity contribution in [1.29, 1.82) is 0 Å². The second-order valence-electron chi connectivity index (χ2n) is 13.6. The van der Waals surface area contributed by atoms with Crippen molar-refractivity contribution < 1.29 is 38.2 Å². The van der Waals surface area contributed by atoms with E-state index < -0.39 is 47.3 Å². The van der Waals surface area contributed by atoms with Gasteiger partial charge >= 0.3 is 0 Å². The molecule has 0 heterocycles. The zero-order chi connectivity index (χ0) is 46.5. The molecule has 4 amide bonds. The van der Waals surface area contributed by atoms with Crippen molar-refractivity contribution >= 4 is 116 Å². The number of carbonyl (C=O) groups is 6.